The Labute approximate surface area is 111 Å². The second-order valence-corrected chi connectivity index (χ2v) is 4.98. The lowest BCUT2D eigenvalue weighted by Gasteiger charge is -2.41. The molecule has 106 valence electrons. The summed E-state index contributed by atoms with van der Waals surface area (Å²) in [5.41, 5.74) is 7.39. The average Bonchev–Trinajstić information content (AvgIpc) is 2.37. The molecule has 19 heavy (non-hydrogen) atoms. The monoisotopic (exact) mass is 272 g/mol. The van der Waals surface area contributed by atoms with E-state index in [2.05, 4.69) is 0 Å². The van der Waals surface area contributed by atoms with E-state index in [4.69, 9.17) is 5.73 Å². The highest BCUT2D eigenvalue weighted by atomic mass is 19.4. The van der Waals surface area contributed by atoms with Crippen molar-refractivity contribution in [2.24, 2.45) is 5.73 Å². The van der Waals surface area contributed by atoms with E-state index in [0.29, 0.717) is 18.7 Å². The van der Waals surface area contributed by atoms with Gasteiger partial charge in [-0.1, -0.05) is 25.1 Å². The number of nitrogens with two attached hydrogens (primary N) is 1. The Morgan fingerprint density at radius 2 is 2.00 bits per heavy atom. The predicted octanol–water partition coefficient (Wildman–Crippen LogP) is 3.11. The summed E-state index contributed by atoms with van der Waals surface area (Å²) in [4.78, 5) is 1.44. The average molecular weight is 272 g/mol. The van der Waals surface area contributed by atoms with E-state index in [0.717, 1.165) is 18.4 Å². The van der Waals surface area contributed by atoms with Gasteiger partial charge in [0.1, 0.15) is 6.04 Å². The molecule has 0 aromatic heterocycles. The van der Waals surface area contributed by atoms with Gasteiger partial charge in [0.25, 0.3) is 0 Å². The normalized spacial score (nSPS) is 18.9. The first kappa shape index (κ1) is 14.2. The van der Waals surface area contributed by atoms with E-state index < -0.39 is 18.3 Å². The van der Waals surface area contributed by atoms with Crippen LogP contribution in [0.25, 0.3) is 0 Å². The van der Waals surface area contributed by atoms with Gasteiger partial charge in [-0.25, -0.2) is 0 Å². The van der Waals surface area contributed by atoms with Crippen molar-refractivity contribution < 1.29 is 13.2 Å². The summed E-state index contributed by atoms with van der Waals surface area (Å²) in [7, 11) is 0. The molecule has 0 saturated heterocycles. The number of benzene rings is 1. The summed E-state index contributed by atoms with van der Waals surface area (Å²) in [5.74, 6) is 0. The van der Waals surface area contributed by atoms with Crippen molar-refractivity contribution in [2.45, 2.75) is 44.4 Å². The molecule has 0 fully saturated rings. The molecule has 5 heteroatoms. The van der Waals surface area contributed by atoms with E-state index >= 15 is 0 Å². The van der Waals surface area contributed by atoms with Gasteiger partial charge in [-0.05, 0) is 30.9 Å². The van der Waals surface area contributed by atoms with Gasteiger partial charge in [-0.3, -0.25) is 0 Å². The Morgan fingerprint density at radius 3 is 2.63 bits per heavy atom. The zero-order valence-corrected chi connectivity index (χ0v) is 11.0. The molecule has 2 rings (SSSR count). The number of fused-ring (bicyclic) bond motifs is 1. The molecule has 0 spiro atoms. The Balaban J connectivity index is 2.39. The minimum atomic E-state index is -4.31. The maximum absolute atomic E-state index is 13.3. The molecular formula is C14H19F3N2. The molecule has 2 atom stereocenters. The molecule has 0 amide bonds. The van der Waals surface area contributed by atoms with Crippen LogP contribution in [-0.4, -0.2) is 24.8 Å². The number of rotatable bonds is 3. The topological polar surface area (TPSA) is 29.3 Å². The fourth-order valence-corrected chi connectivity index (χ4v) is 2.73. The number of hydrogen-bond acceptors (Lipinski definition) is 2. The van der Waals surface area contributed by atoms with Gasteiger partial charge in [0.2, 0.25) is 0 Å². The summed E-state index contributed by atoms with van der Waals surface area (Å²) in [6, 6.07) is 4.81. The summed E-state index contributed by atoms with van der Waals surface area (Å²) in [6.45, 7) is 2.11. The van der Waals surface area contributed by atoms with Crippen LogP contribution in [0.1, 0.15) is 25.3 Å². The van der Waals surface area contributed by atoms with Crippen LogP contribution in [0.4, 0.5) is 18.9 Å². The van der Waals surface area contributed by atoms with Crippen molar-refractivity contribution in [2.75, 3.05) is 11.4 Å². The highest BCUT2D eigenvalue weighted by molar-refractivity contribution is 5.56. The first-order chi connectivity index (χ1) is 8.95. The molecule has 2 unspecified atom stereocenters. The van der Waals surface area contributed by atoms with Crippen molar-refractivity contribution in [1.82, 2.24) is 0 Å². The standard InChI is InChI=1S/C14H19F3N2/c1-2-11(18)13(14(15,16)17)19-9-5-7-10-6-3-4-8-12(10)19/h3-4,6,8,11,13H,2,5,7,9,18H2,1H3. The number of aryl methyl sites for hydroxylation is 1. The Kier molecular flexibility index (Phi) is 4.04. The second-order valence-electron chi connectivity index (χ2n) is 4.98. The highest BCUT2D eigenvalue weighted by Crippen LogP contribution is 2.35. The molecule has 1 aliphatic rings. The van der Waals surface area contributed by atoms with E-state index in [9.17, 15) is 13.2 Å². The van der Waals surface area contributed by atoms with Gasteiger partial charge in [0.05, 0.1) is 0 Å². The van der Waals surface area contributed by atoms with E-state index in [1.165, 1.54) is 4.90 Å². The van der Waals surface area contributed by atoms with Gasteiger partial charge < -0.3 is 10.6 Å². The fourth-order valence-electron chi connectivity index (χ4n) is 2.73. The van der Waals surface area contributed by atoms with Crippen LogP contribution in [0.2, 0.25) is 0 Å². The molecule has 1 aliphatic heterocycles. The van der Waals surface area contributed by atoms with Gasteiger partial charge >= 0.3 is 6.18 Å². The van der Waals surface area contributed by atoms with Gasteiger partial charge in [0.15, 0.2) is 0 Å². The van der Waals surface area contributed by atoms with Crippen molar-refractivity contribution >= 4 is 5.69 Å². The van der Waals surface area contributed by atoms with Crippen LogP contribution in [-0.2, 0) is 6.42 Å². The summed E-state index contributed by atoms with van der Waals surface area (Å²) in [5, 5.41) is 0. The molecule has 1 heterocycles. The number of hydrogen-bond donors (Lipinski definition) is 1. The molecule has 0 saturated carbocycles. The lowest BCUT2D eigenvalue weighted by Crippen LogP contribution is -2.57. The van der Waals surface area contributed by atoms with E-state index in [-0.39, 0.29) is 0 Å². The largest absolute Gasteiger partial charge is 0.410 e. The Morgan fingerprint density at radius 1 is 1.32 bits per heavy atom. The van der Waals surface area contributed by atoms with E-state index in [1.54, 1.807) is 19.1 Å². The quantitative estimate of drug-likeness (QED) is 0.916. The van der Waals surface area contributed by atoms with Gasteiger partial charge in [-0.15, -0.1) is 0 Å². The summed E-state index contributed by atoms with van der Waals surface area (Å²) >= 11 is 0. The minimum Gasteiger partial charge on any atom is -0.358 e. The maximum atomic E-state index is 13.3. The van der Waals surface area contributed by atoms with Gasteiger partial charge in [-0.2, -0.15) is 13.2 Å². The SMILES string of the molecule is CCC(N)C(N1CCCc2ccccc21)C(F)(F)F. The molecule has 0 bridgehead atoms. The van der Waals surface area contributed by atoms with Crippen LogP contribution in [0.3, 0.4) is 0 Å². The van der Waals surface area contributed by atoms with Crippen molar-refractivity contribution in [1.29, 1.82) is 0 Å². The summed E-state index contributed by atoms with van der Waals surface area (Å²) < 4.78 is 39.9. The third kappa shape index (κ3) is 2.86. The maximum Gasteiger partial charge on any atom is 0.410 e. The van der Waals surface area contributed by atoms with E-state index in [1.807, 2.05) is 12.1 Å². The second kappa shape index (κ2) is 5.41. The number of nitrogens with zero attached hydrogens (tertiary/aromatic N) is 1. The molecule has 0 radical (unpaired) electrons. The van der Waals surface area contributed by atoms with Crippen LogP contribution >= 0.6 is 0 Å². The number of halogens is 3. The van der Waals surface area contributed by atoms with Gasteiger partial charge in [0, 0.05) is 18.3 Å². The third-order valence-corrected chi connectivity index (χ3v) is 3.69. The lowest BCUT2D eigenvalue weighted by atomic mass is 9.96. The van der Waals surface area contributed by atoms with Crippen LogP contribution in [0, 0.1) is 0 Å². The van der Waals surface area contributed by atoms with Crippen LogP contribution in [0.5, 0.6) is 0 Å². The first-order valence-corrected chi connectivity index (χ1v) is 6.62. The molecule has 2 N–H and O–H groups in total. The third-order valence-electron chi connectivity index (χ3n) is 3.69. The number of para-hydroxylation sites is 1. The number of alkyl halides is 3. The summed E-state index contributed by atoms with van der Waals surface area (Å²) in [6.07, 6.45) is -2.43. The fraction of sp³-hybridized carbons (Fsp3) is 0.571. The zero-order valence-electron chi connectivity index (χ0n) is 11.0. The van der Waals surface area contributed by atoms with Crippen LogP contribution in [0.15, 0.2) is 24.3 Å². The van der Waals surface area contributed by atoms with Crippen molar-refractivity contribution in [3.05, 3.63) is 29.8 Å². The first-order valence-electron chi connectivity index (χ1n) is 6.62. The van der Waals surface area contributed by atoms with Crippen molar-refractivity contribution in [3.8, 4) is 0 Å². The molecule has 1 aromatic carbocycles. The Bertz CT molecular complexity index is 431. The molecule has 2 nitrogen and oxygen atoms in total. The highest BCUT2D eigenvalue weighted by Gasteiger charge is 2.47. The Hall–Kier alpha value is -1.23. The van der Waals surface area contributed by atoms with Crippen molar-refractivity contribution in [3.63, 3.8) is 0 Å². The zero-order chi connectivity index (χ0) is 14.0. The molecule has 1 aromatic rings. The number of anilines is 1. The predicted molar refractivity (Wildman–Crippen MR) is 70.2 cm³/mol. The smallest absolute Gasteiger partial charge is 0.358 e. The molecule has 0 aliphatic carbocycles. The minimum absolute atomic E-state index is 0.308. The van der Waals surface area contributed by atoms with Crippen LogP contribution < -0.4 is 10.6 Å². The molecular weight excluding hydrogens is 253 g/mol. The lowest BCUT2D eigenvalue weighted by molar-refractivity contribution is -0.153.